The minimum absolute atomic E-state index is 0.105. The Balaban J connectivity index is 2.65. The van der Waals surface area contributed by atoms with Crippen LogP contribution < -0.4 is 15.8 Å². The molecule has 0 aliphatic heterocycles. The lowest BCUT2D eigenvalue weighted by Crippen LogP contribution is -2.45. The molecule has 1 atom stereocenters. The molecule has 6 nitrogen and oxygen atoms in total. The summed E-state index contributed by atoms with van der Waals surface area (Å²) >= 11 is 1.02. The van der Waals surface area contributed by atoms with Gasteiger partial charge in [-0.2, -0.15) is 4.72 Å². The van der Waals surface area contributed by atoms with Crippen molar-refractivity contribution in [2.45, 2.75) is 31.0 Å². The van der Waals surface area contributed by atoms with Gasteiger partial charge in [-0.15, -0.1) is 11.3 Å². The topological polar surface area (TPSA) is 101 Å². The highest BCUT2D eigenvalue weighted by Gasteiger charge is 2.23. The van der Waals surface area contributed by atoms with Gasteiger partial charge in [-0.3, -0.25) is 4.79 Å². The van der Waals surface area contributed by atoms with Crippen LogP contribution in [-0.2, 0) is 14.8 Å². The number of sulfonamides is 1. The summed E-state index contributed by atoms with van der Waals surface area (Å²) in [7, 11) is -3.69. The van der Waals surface area contributed by atoms with Crippen LogP contribution in [0.1, 0.15) is 20.8 Å². The zero-order valence-corrected chi connectivity index (χ0v) is 12.8. The summed E-state index contributed by atoms with van der Waals surface area (Å²) in [6, 6.07) is 0.540. The molecule has 0 aliphatic carbocycles. The molecule has 1 heterocycles. The Labute approximate surface area is 117 Å². The highest BCUT2D eigenvalue weighted by atomic mass is 32.2. The number of nitrogen functional groups attached to an aromatic ring is 1. The number of anilines is 1. The largest absolute Gasteiger partial charge is 0.398 e. The van der Waals surface area contributed by atoms with Crippen LogP contribution in [0, 0.1) is 5.92 Å². The van der Waals surface area contributed by atoms with E-state index in [1.165, 1.54) is 18.4 Å². The van der Waals surface area contributed by atoms with Crippen molar-refractivity contribution >= 4 is 33.0 Å². The molecule has 108 valence electrons. The molecule has 4 N–H and O–H groups in total. The Morgan fingerprint density at radius 3 is 2.53 bits per heavy atom. The van der Waals surface area contributed by atoms with Gasteiger partial charge in [0, 0.05) is 17.6 Å². The third kappa shape index (κ3) is 4.81. The molecular weight excluding hydrogens is 286 g/mol. The third-order valence-electron chi connectivity index (χ3n) is 2.27. The van der Waals surface area contributed by atoms with Gasteiger partial charge in [0.2, 0.25) is 5.91 Å². The van der Waals surface area contributed by atoms with E-state index in [1.807, 2.05) is 13.8 Å². The minimum Gasteiger partial charge on any atom is -0.398 e. The van der Waals surface area contributed by atoms with Crippen LogP contribution in [0.15, 0.2) is 15.7 Å². The number of carbonyl (C=O) groups is 1. The Morgan fingerprint density at radius 1 is 1.42 bits per heavy atom. The van der Waals surface area contributed by atoms with E-state index in [1.54, 1.807) is 0 Å². The van der Waals surface area contributed by atoms with E-state index in [-0.39, 0.29) is 10.1 Å². The third-order valence-corrected chi connectivity index (χ3v) is 5.27. The maximum absolute atomic E-state index is 12.0. The lowest BCUT2D eigenvalue weighted by Gasteiger charge is -2.14. The zero-order chi connectivity index (χ0) is 14.6. The maximum atomic E-state index is 12.0. The summed E-state index contributed by atoms with van der Waals surface area (Å²) < 4.78 is 26.4. The standard InChI is InChI=1S/C11H19N3O3S2/c1-7(2)5-13-11(15)8(3)14-19(16,17)10-4-9(12)6-18-10/h4,6-8,14H,5,12H2,1-3H3,(H,13,15). The van der Waals surface area contributed by atoms with Gasteiger partial charge in [0.1, 0.15) is 4.21 Å². The van der Waals surface area contributed by atoms with Gasteiger partial charge in [0.05, 0.1) is 6.04 Å². The van der Waals surface area contributed by atoms with E-state index in [0.29, 0.717) is 18.2 Å². The highest BCUT2D eigenvalue weighted by Crippen LogP contribution is 2.21. The maximum Gasteiger partial charge on any atom is 0.250 e. The van der Waals surface area contributed by atoms with Gasteiger partial charge in [-0.25, -0.2) is 8.42 Å². The zero-order valence-electron chi connectivity index (χ0n) is 11.1. The lowest BCUT2D eigenvalue weighted by molar-refractivity contribution is -0.122. The van der Waals surface area contributed by atoms with E-state index in [9.17, 15) is 13.2 Å². The lowest BCUT2D eigenvalue weighted by atomic mass is 10.2. The number of carbonyl (C=O) groups excluding carboxylic acids is 1. The molecular formula is C11H19N3O3S2. The number of amides is 1. The van der Waals surface area contributed by atoms with Gasteiger partial charge in [-0.05, 0) is 18.9 Å². The van der Waals surface area contributed by atoms with Crippen molar-refractivity contribution in [3.8, 4) is 0 Å². The van der Waals surface area contributed by atoms with Crippen molar-refractivity contribution in [2.75, 3.05) is 12.3 Å². The average molecular weight is 305 g/mol. The van der Waals surface area contributed by atoms with Gasteiger partial charge in [0.15, 0.2) is 0 Å². The molecule has 0 fully saturated rings. The molecule has 0 aromatic carbocycles. The van der Waals surface area contributed by atoms with Crippen LogP contribution in [0.25, 0.3) is 0 Å². The summed E-state index contributed by atoms with van der Waals surface area (Å²) in [5.41, 5.74) is 5.88. The first-order valence-electron chi connectivity index (χ1n) is 5.86. The van der Waals surface area contributed by atoms with Crippen molar-refractivity contribution in [3.63, 3.8) is 0 Å². The Bertz CT molecular complexity index is 537. The first kappa shape index (κ1) is 15.9. The van der Waals surface area contributed by atoms with Gasteiger partial charge in [-0.1, -0.05) is 13.8 Å². The molecule has 1 aromatic heterocycles. The second-order valence-electron chi connectivity index (χ2n) is 4.68. The summed E-state index contributed by atoms with van der Waals surface area (Å²) in [5, 5.41) is 4.21. The average Bonchev–Trinajstić information content (AvgIpc) is 2.72. The van der Waals surface area contributed by atoms with Crippen molar-refractivity contribution in [2.24, 2.45) is 5.92 Å². The fourth-order valence-electron chi connectivity index (χ4n) is 1.27. The van der Waals surface area contributed by atoms with E-state index in [2.05, 4.69) is 10.0 Å². The van der Waals surface area contributed by atoms with Crippen molar-refractivity contribution in [3.05, 3.63) is 11.4 Å². The minimum atomic E-state index is -3.69. The first-order valence-corrected chi connectivity index (χ1v) is 8.22. The number of hydrogen-bond acceptors (Lipinski definition) is 5. The van der Waals surface area contributed by atoms with Crippen LogP contribution in [0.5, 0.6) is 0 Å². The second kappa shape index (κ2) is 6.36. The van der Waals surface area contributed by atoms with Crippen molar-refractivity contribution < 1.29 is 13.2 Å². The summed E-state index contributed by atoms with van der Waals surface area (Å²) in [5.74, 6) is -0.0355. The molecule has 1 aromatic rings. The number of thiophene rings is 1. The Hall–Kier alpha value is -1.12. The smallest absolute Gasteiger partial charge is 0.250 e. The molecule has 0 radical (unpaired) electrons. The van der Waals surface area contributed by atoms with Crippen LogP contribution in [0.3, 0.4) is 0 Å². The SMILES string of the molecule is CC(C)CNC(=O)C(C)NS(=O)(=O)c1cc(N)cs1. The number of nitrogens with one attached hydrogen (secondary N) is 2. The molecule has 0 saturated heterocycles. The van der Waals surface area contributed by atoms with Crippen LogP contribution >= 0.6 is 11.3 Å². The molecule has 0 bridgehead atoms. The molecule has 0 saturated carbocycles. The van der Waals surface area contributed by atoms with Crippen molar-refractivity contribution in [1.29, 1.82) is 0 Å². The molecule has 1 rings (SSSR count). The van der Waals surface area contributed by atoms with E-state index < -0.39 is 16.1 Å². The van der Waals surface area contributed by atoms with Gasteiger partial charge < -0.3 is 11.1 Å². The van der Waals surface area contributed by atoms with Crippen LogP contribution in [0.2, 0.25) is 0 Å². The van der Waals surface area contributed by atoms with Gasteiger partial charge in [0.25, 0.3) is 10.0 Å². The molecule has 8 heteroatoms. The number of nitrogens with two attached hydrogens (primary N) is 1. The number of hydrogen-bond donors (Lipinski definition) is 3. The second-order valence-corrected chi connectivity index (χ2v) is 7.53. The molecule has 0 aliphatic rings. The molecule has 1 amide bonds. The monoisotopic (exact) mass is 305 g/mol. The van der Waals surface area contributed by atoms with Crippen LogP contribution in [0.4, 0.5) is 5.69 Å². The highest BCUT2D eigenvalue weighted by molar-refractivity contribution is 7.91. The van der Waals surface area contributed by atoms with Crippen molar-refractivity contribution in [1.82, 2.24) is 10.0 Å². The predicted molar refractivity (Wildman–Crippen MR) is 76.4 cm³/mol. The molecule has 19 heavy (non-hydrogen) atoms. The van der Waals surface area contributed by atoms with Crippen LogP contribution in [-0.4, -0.2) is 26.9 Å². The predicted octanol–water partition coefficient (Wildman–Crippen LogP) is 0.769. The summed E-state index contributed by atoms with van der Waals surface area (Å²) in [4.78, 5) is 11.7. The van der Waals surface area contributed by atoms with E-state index >= 15 is 0 Å². The summed E-state index contributed by atoms with van der Waals surface area (Å²) in [6.45, 7) is 5.94. The van der Waals surface area contributed by atoms with E-state index in [0.717, 1.165) is 11.3 Å². The summed E-state index contributed by atoms with van der Waals surface area (Å²) in [6.07, 6.45) is 0. The molecule has 1 unspecified atom stereocenters. The van der Waals surface area contributed by atoms with Gasteiger partial charge >= 0.3 is 0 Å². The fourth-order valence-corrected chi connectivity index (χ4v) is 3.57. The Morgan fingerprint density at radius 2 is 2.05 bits per heavy atom. The normalized spacial score (nSPS) is 13.5. The Kier molecular flexibility index (Phi) is 5.33. The van der Waals surface area contributed by atoms with E-state index in [4.69, 9.17) is 5.73 Å². The fraction of sp³-hybridized carbons (Fsp3) is 0.545. The first-order chi connectivity index (χ1) is 8.72. The quantitative estimate of drug-likeness (QED) is 0.722. The number of rotatable bonds is 6. The molecule has 0 spiro atoms.